The lowest BCUT2D eigenvalue weighted by molar-refractivity contribution is 0.178. The Morgan fingerprint density at radius 2 is 2.29 bits per heavy atom. The van der Waals surface area contributed by atoms with Crippen molar-refractivity contribution in [3.8, 4) is 0 Å². The molecule has 0 radical (unpaired) electrons. The predicted octanol–water partition coefficient (Wildman–Crippen LogP) is 0.367. The SMILES string of the molecule is Cc1nc(CN2CCC[C@@H](NCCCS(C)(=O)=O)C2)no1. The molecule has 1 aromatic rings. The van der Waals surface area contributed by atoms with Crippen molar-refractivity contribution >= 4 is 9.84 Å². The smallest absolute Gasteiger partial charge is 0.223 e. The van der Waals surface area contributed by atoms with Crippen LogP contribution in [0.3, 0.4) is 0 Å². The highest BCUT2D eigenvalue weighted by Crippen LogP contribution is 2.12. The van der Waals surface area contributed by atoms with Crippen LogP contribution in [0.2, 0.25) is 0 Å². The molecule has 0 aliphatic carbocycles. The van der Waals surface area contributed by atoms with Crippen LogP contribution in [0.1, 0.15) is 31.0 Å². The lowest BCUT2D eigenvalue weighted by Crippen LogP contribution is -2.45. The third-order valence-corrected chi connectivity index (χ3v) is 4.60. The van der Waals surface area contributed by atoms with Gasteiger partial charge in [0.25, 0.3) is 0 Å². The molecule has 120 valence electrons. The van der Waals surface area contributed by atoms with E-state index in [1.165, 1.54) is 6.26 Å². The van der Waals surface area contributed by atoms with Crippen LogP contribution in [-0.4, -0.2) is 61.1 Å². The number of sulfone groups is 1. The van der Waals surface area contributed by atoms with Crippen molar-refractivity contribution in [2.24, 2.45) is 0 Å². The number of rotatable bonds is 7. The highest BCUT2D eigenvalue weighted by molar-refractivity contribution is 7.90. The molecular formula is C13H24N4O3S. The van der Waals surface area contributed by atoms with Crippen molar-refractivity contribution in [1.82, 2.24) is 20.4 Å². The zero-order valence-corrected chi connectivity index (χ0v) is 13.5. The molecule has 0 spiro atoms. The van der Waals surface area contributed by atoms with Gasteiger partial charge in [0.1, 0.15) is 9.84 Å². The van der Waals surface area contributed by atoms with E-state index < -0.39 is 9.84 Å². The lowest BCUT2D eigenvalue weighted by atomic mass is 10.1. The van der Waals surface area contributed by atoms with Crippen LogP contribution < -0.4 is 5.32 Å². The van der Waals surface area contributed by atoms with Gasteiger partial charge in [0.05, 0.1) is 12.3 Å². The van der Waals surface area contributed by atoms with Crippen molar-refractivity contribution in [2.45, 2.75) is 38.8 Å². The quantitative estimate of drug-likeness (QED) is 0.727. The second-order valence-electron chi connectivity index (χ2n) is 5.74. The van der Waals surface area contributed by atoms with Crippen LogP contribution in [0.5, 0.6) is 0 Å². The molecule has 1 atom stereocenters. The number of aromatic nitrogens is 2. The summed E-state index contributed by atoms with van der Waals surface area (Å²) in [6.45, 7) is 5.21. The summed E-state index contributed by atoms with van der Waals surface area (Å²) < 4.78 is 27.1. The van der Waals surface area contributed by atoms with Crippen LogP contribution in [0.4, 0.5) is 0 Å². The Balaban J connectivity index is 1.70. The monoisotopic (exact) mass is 316 g/mol. The van der Waals surface area contributed by atoms with Gasteiger partial charge in [-0.05, 0) is 32.4 Å². The summed E-state index contributed by atoms with van der Waals surface area (Å²) in [6, 6.07) is 0.409. The maximum Gasteiger partial charge on any atom is 0.223 e. The Hall–Kier alpha value is -0.990. The third-order valence-electron chi connectivity index (χ3n) is 3.57. The van der Waals surface area contributed by atoms with Crippen molar-refractivity contribution in [3.63, 3.8) is 0 Å². The Morgan fingerprint density at radius 3 is 2.95 bits per heavy atom. The molecule has 0 unspecified atom stereocenters. The molecule has 2 heterocycles. The maximum atomic E-state index is 11.1. The molecule has 1 aromatic heterocycles. The molecular weight excluding hydrogens is 292 g/mol. The summed E-state index contributed by atoms with van der Waals surface area (Å²) in [5, 5.41) is 7.37. The summed E-state index contributed by atoms with van der Waals surface area (Å²) in [6.07, 6.45) is 4.20. The fourth-order valence-corrected chi connectivity index (χ4v) is 3.28. The van der Waals surface area contributed by atoms with Gasteiger partial charge < -0.3 is 9.84 Å². The van der Waals surface area contributed by atoms with E-state index in [9.17, 15) is 8.42 Å². The minimum absolute atomic E-state index is 0.249. The number of hydrogen-bond donors (Lipinski definition) is 1. The standard InChI is InChI=1S/C13H24N4O3S/c1-11-15-13(16-20-11)10-17-7-3-5-12(9-17)14-6-4-8-21(2,18)19/h12,14H,3-10H2,1-2H3/t12-/m1/s1. The molecule has 1 N–H and O–H groups in total. The zero-order chi connectivity index (χ0) is 15.3. The van der Waals surface area contributed by atoms with Crippen LogP contribution in [0.25, 0.3) is 0 Å². The molecule has 1 aliphatic heterocycles. The second-order valence-corrected chi connectivity index (χ2v) is 8.00. The fraction of sp³-hybridized carbons (Fsp3) is 0.846. The average Bonchev–Trinajstić information content (AvgIpc) is 2.80. The van der Waals surface area contributed by atoms with E-state index in [-0.39, 0.29) is 5.75 Å². The summed E-state index contributed by atoms with van der Waals surface area (Å²) in [5.74, 6) is 1.57. The normalized spacial score (nSPS) is 20.8. The highest BCUT2D eigenvalue weighted by atomic mass is 32.2. The highest BCUT2D eigenvalue weighted by Gasteiger charge is 2.20. The van der Waals surface area contributed by atoms with Crippen molar-refractivity contribution < 1.29 is 12.9 Å². The topological polar surface area (TPSA) is 88.3 Å². The van der Waals surface area contributed by atoms with E-state index >= 15 is 0 Å². The first-order valence-electron chi connectivity index (χ1n) is 7.35. The van der Waals surface area contributed by atoms with Gasteiger partial charge in [0, 0.05) is 25.8 Å². The number of hydrogen-bond acceptors (Lipinski definition) is 7. The number of piperidine rings is 1. The average molecular weight is 316 g/mol. The Labute approximate surface area is 126 Å². The van der Waals surface area contributed by atoms with E-state index in [0.717, 1.165) is 38.3 Å². The number of aryl methyl sites for hydroxylation is 1. The van der Waals surface area contributed by atoms with Gasteiger partial charge in [0.15, 0.2) is 5.82 Å². The van der Waals surface area contributed by atoms with Crippen molar-refractivity contribution in [2.75, 3.05) is 31.6 Å². The number of nitrogens with one attached hydrogen (secondary N) is 1. The third kappa shape index (κ3) is 6.11. The minimum Gasteiger partial charge on any atom is -0.340 e. The van der Waals surface area contributed by atoms with Gasteiger partial charge in [-0.1, -0.05) is 5.16 Å². The molecule has 2 rings (SSSR count). The summed E-state index contributed by atoms with van der Waals surface area (Å²) in [7, 11) is -2.85. The van der Waals surface area contributed by atoms with Crippen molar-refractivity contribution in [1.29, 1.82) is 0 Å². The zero-order valence-electron chi connectivity index (χ0n) is 12.7. The maximum absolute atomic E-state index is 11.1. The molecule has 7 nitrogen and oxygen atoms in total. The first-order valence-corrected chi connectivity index (χ1v) is 9.41. The molecule has 0 amide bonds. The van der Waals surface area contributed by atoms with E-state index in [0.29, 0.717) is 24.9 Å². The minimum atomic E-state index is -2.85. The van der Waals surface area contributed by atoms with Gasteiger partial charge in [-0.3, -0.25) is 4.90 Å². The van der Waals surface area contributed by atoms with Crippen LogP contribution in [0, 0.1) is 6.92 Å². The van der Waals surface area contributed by atoms with Gasteiger partial charge in [-0.2, -0.15) is 4.98 Å². The molecule has 0 aromatic carbocycles. The van der Waals surface area contributed by atoms with Crippen LogP contribution >= 0.6 is 0 Å². The predicted molar refractivity (Wildman–Crippen MR) is 79.7 cm³/mol. The Bertz CT molecular complexity index is 543. The summed E-state index contributed by atoms with van der Waals surface area (Å²) >= 11 is 0. The molecule has 1 saturated heterocycles. The second kappa shape index (κ2) is 7.33. The largest absolute Gasteiger partial charge is 0.340 e. The van der Waals surface area contributed by atoms with E-state index in [1.807, 2.05) is 0 Å². The fourth-order valence-electron chi connectivity index (χ4n) is 2.61. The van der Waals surface area contributed by atoms with Crippen LogP contribution in [-0.2, 0) is 16.4 Å². The summed E-state index contributed by atoms with van der Waals surface area (Å²) in [4.78, 5) is 6.53. The first kappa shape index (κ1) is 16.4. The Morgan fingerprint density at radius 1 is 1.48 bits per heavy atom. The van der Waals surface area contributed by atoms with Gasteiger partial charge in [0.2, 0.25) is 5.89 Å². The van der Waals surface area contributed by atoms with Gasteiger partial charge in [-0.15, -0.1) is 0 Å². The van der Waals surface area contributed by atoms with Crippen LogP contribution in [0.15, 0.2) is 4.52 Å². The van der Waals surface area contributed by atoms with E-state index in [1.54, 1.807) is 6.92 Å². The van der Waals surface area contributed by atoms with Crippen molar-refractivity contribution in [3.05, 3.63) is 11.7 Å². The molecule has 0 saturated carbocycles. The van der Waals surface area contributed by atoms with Gasteiger partial charge >= 0.3 is 0 Å². The van der Waals surface area contributed by atoms with E-state index in [2.05, 4.69) is 20.4 Å². The first-order chi connectivity index (χ1) is 9.92. The Kier molecular flexibility index (Phi) is 5.72. The molecule has 21 heavy (non-hydrogen) atoms. The number of likely N-dealkylation sites (tertiary alicyclic amines) is 1. The molecule has 1 fully saturated rings. The molecule has 1 aliphatic rings. The molecule has 8 heteroatoms. The number of nitrogens with zero attached hydrogens (tertiary/aromatic N) is 3. The lowest BCUT2D eigenvalue weighted by Gasteiger charge is -2.32. The summed E-state index contributed by atoms with van der Waals surface area (Å²) in [5.41, 5.74) is 0. The van der Waals surface area contributed by atoms with E-state index in [4.69, 9.17) is 4.52 Å². The van der Waals surface area contributed by atoms with Gasteiger partial charge in [-0.25, -0.2) is 8.42 Å². The molecule has 0 bridgehead atoms.